The average molecular weight is 239 g/mol. The second-order valence-electron chi connectivity index (χ2n) is 3.43. The molecule has 1 aromatic heterocycles. The quantitative estimate of drug-likeness (QED) is 0.579. The van der Waals surface area contributed by atoms with Gasteiger partial charge >= 0.3 is 5.97 Å². The number of carbonyl (C=O) groups is 1. The molecule has 0 saturated heterocycles. The van der Waals surface area contributed by atoms with Crippen molar-refractivity contribution < 1.29 is 14.6 Å². The van der Waals surface area contributed by atoms with Crippen molar-refractivity contribution in [2.45, 2.75) is 26.7 Å². The minimum Gasteiger partial charge on any atom is -0.493 e. The van der Waals surface area contributed by atoms with E-state index in [1.807, 2.05) is 0 Å². The number of aromatic hydroxyl groups is 1. The monoisotopic (exact) mass is 239 g/mol. The van der Waals surface area contributed by atoms with Crippen molar-refractivity contribution in [1.29, 1.82) is 0 Å². The molecule has 17 heavy (non-hydrogen) atoms. The molecule has 1 heterocycles. The van der Waals surface area contributed by atoms with Gasteiger partial charge in [-0.3, -0.25) is 0 Å². The molecule has 94 valence electrons. The van der Waals surface area contributed by atoms with E-state index in [9.17, 15) is 9.90 Å². The van der Waals surface area contributed by atoms with E-state index in [4.69, 9.17) is 4.74 Å². The molecule has 0 radical (unpaired) electrons. The Bertz CT molecular complexity index is 382. The van der Waals surface area contributed by atoms with Gasteiger partial charge < -0.3 is 15.2 Å². The first kappa shape index (κ1) is 13.2. The number of nitrogens with zero attached hydrogens (tertiary/aromatic N) is 2. The number of anilines is 1. The molecule has 0 spiro atoms. The molecule has 1 aromatic rings. The molecule has 0 amide bonds. The van der Waals surface area contributed by atoms with Crippen LogP contribution in [0.25, 0.3) is 0 Å². The number of esters is 1. The second kappa shape index (κ2) is 6.67. The topological polar surface area (TPSA) is 84.3 Å². The van der Waals surface area contributed by atoms with E-state index >= 15 is 0 Å². The van der Waals surface area contributed by atoms with Crippen LogP contribution in [0.4, 0.5) is 5.95 Å². The number of ether oxygens (including phenoxy) is 1. The number of nitrogens with one attached hydrogen (secondary N) is 1. The fourth-order valence-electron chi connectivity index (χ4n) is 1.19. The lowest BCUT2D eigenvalue weighted by Crippen LogP contribution is -2.09. The Morgan fingerprint density at radius 1 is 1.53 bits per heavy atom. The Hall–Kier alpha value is -1.85. The van der Waals surface area contributed by atoms with Crippen LogP contribution >= 0.6 is 0 Å². The molecule has 0 bridgehead atoms. The second-order valence-corrected chi connectivity index (χ2v) is 3.43. The molecule has 0 aromatic carbocycles. The summed E-state index contributed by atoms with van der Waals surface area (Å²) in [5, 5.41) is 12.5. The number of aromatic nitrogens is 2. The standard InChI is InChI=1S/C11H17N3O3/c1-3-5-6-12-11-13-7-8(9(15)14-11)10(16)17-4-2/h7H,3-6H2,1-2H3,(H2,12,13,14,15). The minimum atomic E-state index is -0.620. The van der Waals surface area contributed by atoms with Crippen LogP contribution in [0.5, 0.6) is 5.88 Å². The average Bonchev–Trinajstić information content (AvgIpc) is 2.29. The highest BCUT2D eigenvalue weighted by atomic mass is 16.5. The molecule has 1 rings (SSSR count). The normalized spacial score (nSPS) is 10.0. The zero-order valence-electron chi connectivity index (χ0n) is 10.1. The van der Waals surface area contributed by atoms with E-state index in [0.29, 0.717) is 5.95 Å². The van der Waals surface area contributed by atoms with Gasteiger partial charge in [0.15, 0.2) is 0 Å². The molecule has 0 saturated carbocycles. The molecule has 0 fully saturated rings. The van der Waals surface area contributed by atoms with Gasteiger partial charge in [-0.2, -0.15) is 4.98 Å². The van der Waals surface area contributed by atoms with E-state index in [1.54, 1.807) is 6.92 Å². The predicted molar refractivity (Wildman–Crippen MR) is 63.1 cm³/mol. The summed E-state index contributed by atoms with van der Waals surface area (Å²) in [5.74, 6) is -0.674. The van der Waals surface area contributed by atoms with Crippen molar-refractivity contribution in [2.75, 3.05) is 18.5 Å². The highest BCUT2D eigenvalue weighted by Crippen LogP contribution is 2.15. The smallest absolute Gasteiger partial charge is 0.345 e. The maximum Gasteiger partial charge on any atom is 0.345 e. The first-order chi connectivity index (χ1) is 8.19. The Balaban J connectivity index is 2.68. The Morgan fingerprint density at radius 3 is 2.88 bits per heavy atom. The summed E-state index contributed by atoms with van der Waals surface area (Å²) in [5.41, 5.74) is -0.0205. The van der Waals surface area contributed by atoms with Gasteiger partial charge in [0.05, 0.1) is 12.8 Å². The maximum atomic E-state index is 11.4. The summed E-state index contributed by atoms with van der Waals surface area (Å²) >= 11 is 0. The van der Waals surface area contributed by atoms with Crippen LogP contribution in [0.15, 0.2) is 6.20 Å². The van der Waals surface area contributed by atoms with E-state index in [2.05, 4.69) is 22.2 Å². The summed E-state index contributed by atoms with van der Waals surface area (Å²) in [6.07, 6.45) is 3.30. The lowest BCUT2D eigenvalue weighted by molar-refractivity contribution is 0.0521. The maximum absolute atomic E-state index is 11.4. The number of unbranched alkanes of at least 4 members (excludes halogenated alkanes) is 1. The van der Waals surface area contributed by atoms with Gasteiger partial charge in [0.1, 0.15) is 5.56 Å². The van der Waals surface area contributed by atoms with Crippen LogP contribution in [-0.4, -0.2) is 34.2 Å². The number of rotatable bonds is 6. The fourth-order valence-corrected chi connectivity index (χ4v) is 1.19. The SMILES string of the molecule is CCCCNc1ncc(C(=O)OCC)c(O)n1. The zero-order chi connectivity index (χ0) is 12.7. The van der Waals surface area contributed by atoms with E-state index in [0.717, 1.165) is 19.4 Å². The van der Waals surface area contributed by atoms with Crippen LogP contribution in [0.1, 0.15) is 37.0 Å². The zero-order valence-corrected chi connectivity index (χ0v) is 10.1. The first-order valence-electron chi connectivity index (χ1n) is 5.66. The van der Waals surface area contributed by atoms with Gasteiger partial charge in [-0.25, -0.2) is 9.78 Å². The minimum absolute atomic E-state index is 0.0205. The van der Waals surface area contributed by atoms with Crippen molar-refractivity contribution >= 4 is 11.9 Å². The van der Waals surface area contributed by atoms with E-state index in [1.165, 1.54) is 6.20 Å². The van der Waals surface area contributed by atoms with Crippen molar-refractivity contribution in [3.63, 3.8) is 0 Å². The predicted octanol–water partition coefficient (Wildman–Crippen LogP) is 1.57. The van der Waals surface area contributed by atoms with E-state index < -0.39 is 5.97 Å². The largest absolute Gasteiger partial charge is 0.493 e. The summed E-state index contributed by atoms with van der Waals surface area (Å²) < 4.78 is 4.75. The molecular formula is C11H17N3O3. The third-order valence-electron chi connectivity index (χ3n) is 2.08. The van der Waals surface area contributed by atoms with Gasteiger partial charge in [0, 0.05) is 6.54 Å². The lowest BCUT2D eigenvalue weighted by atomic mass is 10.3. The number of hydrogen-bond donors (Lipinski definition) is 2. The third-order valence-corrected chi connectivity index (χ3v) is 2.08. The van der Waals surface area contributed by atoms with E-state index in [-0.39, 0.29) is 18.1 Å². The molecule has 0 aliphatic heterocycles. The molecule has 0 aliphatic carbocycles. The molecule has 0 aliphatic rings. The van der Waals surface area contributed by atoms with Gasteiger partial charge in [0.2, 0.25) is 11.8 Å². The van der Waals surface area contributed by atoms with Crippen molar-refractivity contribution in [1.82, 2.24) is 9.97 Å². The van der Waals surface area contributed by atoms with Gasteiger partial charge in [-0.1, -0.05) is 13.3 Å². The Labute approximate surface area is 100 Å². The van der Waals surface area contributed by atoms with Crippen LogP contribution in [0.3, 0.4) is 0 Å². The van der Waals surface area contributed by atoms with Gasteiger partial charge in [-0.15, -0.1) is 0 Å². The van der Waals surface area contributed by atoms with Crippen molar-refractivity contribution in [3.8, 4) is 5.88 Å². The van der Waals surface area contributed by atoms with Crippen LogP contribution in [0.2, 0.25) is 0 Å². The number of carbonyl (C=O) groups excluding carboxylic acids is 1. The Morgan fingerprint density at radius 2 is 2.29 bits per heavy atom. The molecule has 0 atom stereocenters. The molecule has 6 heteroatoms. The third kappa shape index (κ3) is 3.90. The van der Waals surface area contributed by atoms with Crippen LogP contribution in [-0.2, 0) is 4.74 Å². The summed E-state index contributed by atoms with van der Waals surface area (Å²) in [7, 11) is 0. The molecular weight excluding hydrogens is 222 g/mol. The summed E-state index contributed by atoms with van der Waals surface area (Å²) in [6.45, 7) is 4.74. The highest BCUT2D eigenvalue weighted by molar-refractivity contribution is 5.91. The molecule has 6 nitrogen and oxygen atoms in total. The fraction of sp³-hybridized carbons (Fsp3) is 0.545. The lowest BCUT2D eigenvalue weighted by Gasteiger charge is -2.06. The van der Waals surface area contributed by atoms with Crippen LogP contribution in [0, 0.1) is 0 Å². The van der Waals surface area contributed by atoms with Gasteiger partial charge in [-0.05, 0) is 13.3 Å². The number of hydrogen-bond acceptors (Lipinski definition) is 6. The highest BCUT2D eigenvalue weighted by Gasteiger charge is 2.14. The Kier molecular flexibility index (Phi) is 5.19. The molecule has 0 unspecified atom stereocenters. The molecule has 2 N–H and O–H groups in total. The van der Waals surface area contributed by atoms with Crippen molar-refractivity contribution in [3.05, 3.63) is 11.8 Å². The van der Waals surface area contributed by atoms with Crippen LogP contribution < -0.4 is 5.32 Å². The van der Waals surface area contributed by atoms with Crippen molar-refractivity contribution in [2.24, 2.45) is 0 Å². The first-order valence-corrected chi connectivity index (χ1v) is 5.66. The summed E-state index contributed by atoms with van der Waals surface area (Å²) in [6, 6.07) is 0. The summed E-state index contributed by atoms with van der Waals surface area (Å²) in [4.78, 5) is 19.1. The van der Waals surface area contributed by atoms with Gasteiger partial charge in [0.25, 0.3) is 0 Å².